The molecule has 0 radical (unpaired) electrons. The predicted molar refractivity (Wildman–Crippen MR) is 121 cm³/mol. The molecule has 0 saturated carbocycles. The van der Waals surface area contributed by atoms with E-state index in [-0.39, 0.29) is 27.2 Å². The van der Waals surface area contributed by atoms with Gasteiger partial charge in [0, 0.05) is 5.56 Å². The van der Waals surface area contributed by atoms with E-state index in [1.54, 1.807) is 0 Å². The first-order valence-corrected chi connectivity index (χ1v) is 12.7. The summed E-state index contributed by atoms with van der Waals surface area (Å²) in [6, 6.07) is 2.17. The Morgan fingerprint density at radius 2 is 1.56 bits per heavy atom. The van der Waals surface area contributed by atoms with E-state index in [0.717, 1.165) is 12.1 Å². The zero-order valence-electron chi connectivity index (χ0n) is 17.4. The maximum absolute atomic E-state index is 14.9. The molecule has 1 aliphatic rings. The Hall–Kier alpha value is -2.02. The van der Waals surface area contributed by atoms with Gasteiger partial charge >= 0.3 is 12.4 Å². The number of benzene rings is 2. The largest absolute Gasteiger partial charge is 0.417 e. The summed E-state index contributed by atoms with van der Waals surface area (Å²) in [5, 5.41) is 1.19. The van der Waals surface area contributed by atoms with Crippen LogP contribution < -0.4 is 5.32 Å². The Balaban J connectivity index is 2.00. The van der Waals surface area contributed by atoms with Gasteiger partial charge in [-0.15, -0.1) is 0 Å². The number of nitrogens with one attached hydrogen (secondary N) is 1. The van der Waals surface area contributed by atoms with Crippen molar-refractivity contribution in [1.29, 1.82) is 0 Å². The van der Waals surface area contributed by atoms with E-state index in [1.165, 1.54) is 0 Å². The number of hydrogen-bond acceptors (Lipinski definition) is 3. The highest BCUT2D eigenvalue weighted by atomic mass is 35.5. The van der Waals surface area contributed by atoms with E-state index in [9.17, 15) is 43.9 Å². The molecule has 1 saturated heterocycles. The number of amides is 1. The van der Waals surface area contributed by atoms with Crippen molar-refractivity contribution in [1.82, 2.24) is 5.32 Å². The number of carbonyl (C=O) groups excluding carboxylic acids is 1. The molecule has 0 bridgehead atoms. The monoisotopic (exact) mass is 597 g/mol. The van der Waals surface area contributed by atoms with Crippen molar-refractivity contribution in [2.45, 2.75) is 24.3 Å². The maximum Gasteiger partial charge on any atom is 0.417 e. The molecule has 0 aromatic heterocycles. The summed E-state index contributed by atoms with van der Waals surface area (Å²) in [5.41, 5.74) is -4.07. The third-order valence-corrected chi connectivity index (χ3v) is 8.14. The zero-order chi connectivity index (χ0) is 27.2. The van der Waals surface area contributed by atoms with Crippen molar-refractivity contribution >= 4 is 56.4 Å². The fourth-order valence-electron chi connectivity index (χ4n) is 3.41. The highest BCUT2D eigenvalue weighted by Crippen LogP contribution is 2.42. The van der Waals surface area contributed by atoms with Crippen molar-refractivity contribution in [3.05, 3.63) is 73.7 Å². The second-order valence-electron chi connectivity index (χ2n) is 7.84. The van der Waals surface area contributed by atoms with Gasteiger partial charge in [-0.3, -0.25) is 4.79 Å². The molecule has 1 atom stereocenters. The zero-order valence-corrected chi connectivity index (χ0v) is 20.5. The van der Waals surface area contributed by atoms with Gasteiger partial charge in [0.1, 0.15) is 11.7 Å². The van der Waals surface area contributed by atoms with E-state index in [0.29, 0.717) is 12.1 Å². The second kappa shape index (κ2) is 10.0. The van der Waals surface area contributed by atoms with Crippen LogP contribution in [-0.4, -0.2) is 38.0 Å². The van der Waals surface area contributed by atoms with Gasteiger partial charge in [0.2, 0.25) is 0 Å². The second-order valence-corrected chi connectivity index (χ2v) is 11.2. The van der Waals surface area contributed by atoms with Crippen molar-refractivity contribution in [3.8, 4) is 0 Å². The Bertz CT molecular complexity index is 1310. The van der Waals surface area contributed by atoms with E-state index in [1.807, 2.05) is 0 Å². The lowest BCUT2D eigenvalue weighted by atomic mass is 9.95. The van der Waals surface area contributed by atoms with Crippen LogP contribution in [0.4, 0.5) is 30.7 Å². The van der Waals surface area contributed by atoms with Gasteiger partial charge in [0.25, 0.3) is 5.91 Å². The minimum Gasteiger partial charge on any atom is -0.347 e. The molecule has 4 nitrogen and oxygen atoms in total. The molecule has 3 rings (SSSR count). The van der Waals surface area contributed by atoms with Gasteiger partial charge in [0.15, 0.2) is 9.84 Å². The number of alkyl halides is 6. The third kappa shape index (κ3) is 6.45. The number of carbonyl (C=O) groups is 1. The van der Waals surface area contributed by atoms with Crippen LogP contribution in [0.15, 0.2) is 36.4 Å². The molecule has 1 aliphatic heterocycles. The first kappa shape index (κ1) is 28.5. The Labute approximate surface area is 214 Å². The summed E-state index contributed by atoms with van der Waals surface area (Å²) in [5.74, 6) is -6.48. The lowest BCUT2D eigenvalue weighted by Gasteiger charge is -2.27. The number of sulfone groups is 1. The van der Waals surface area contributed by atoms with E-state index in [2.05, 4.69) is 5.32 Å². The van der Waals surface area contributed by atoms with E-state index in [4.69, 9.17) is 34.8 Å². The molecule has 1 N–H and O–H groups in total. The van der Waals surface area contributed by atoms with Crippen molar-refractivity contribution in [3.63, 3.8) is 0 Å². The molecular formula is C21H13Cl3F7NO3S. The highest BCUT2D eigenvalue weighted by Gasteiger charge is 2.41. The summed E-state index contributed by atoms with van der Waals surface area (Å²) < 4.78 is 119. The Morgan fingerprint density at radius 3 is 2.03 bits per heavy atom. The minimum atomic E-state index is -5.19. The standard InChI is InChI=1S/C21H13Cl3F7NO3S/c22-15-4-10(5-16(23)18(15)24)13(20(26,27)28)6-17(25)9-1-2-12(14(3-9)21(29,30)31)19(33)32-11-7-36(34,35)8-11/h1-6,11,13H,7-8H2,(H,32,33). The summed E-state index contributed by atoms with van der Waals surface area (Å²) in [6.07, 6.45) is -10.2. The van der Waals surface area contributed by atoms with Crippen LogP contribution in [0, 0.1) is 0 Å². The van der Waals surface area contributed by atoms with Gasteiger partial charge in [-0.05, 0) is 35.9 Å². The molecule has 2 aromatic rings. The average molecular weight is 599 g/mol. The Morgan fingerprint density at radius 1 is 1.00 bits per heavy atom. The normalized spacial score (nSPS) is 17.4. The fraction of sp³-hybridized carbons (Fsp3) is 0.286. The van der Waals surface area contributed by atoms with Crippen LogP contribution in [0.3, 0.4) is 0 Å². The first-order chi connectivity index (χ1) is 16.4. The van der Waals surface area contributed by atoms with Crippen LogP contribution in [0.5, 0.6) is 0 Å². The van der Waals surface area contributed by atoms with Crippen LogP contribution in [0.25, 0.3) is 5.83 Å². The average Bonchev–Trinajstić information content (AvgIpc) is 2.72. The highest BCUT2D eigenvalue weighted by molar-refractivity contribution is 7.92. The molecule has 36 heavy (non-hydrogen) atoms. The van der Waals surface area contributed by atoms with Gasteiger partial charge in [-0.1, -0.05) is 40.9 Å². The smallest absolute Gasteiger partial charge is 0.347 e. The summed E-state index contributed by atoms with van der Waals surface area (Å²) in [4.78, 5) is 12.3. The summed E-state index contributed by atoms with van der Waals surface area (Å²) in [7, 11) is -3.38. The van der Waals surface area contributed by atoms with Crippen molar-refractivity contribution in [2.75, 3.05) is 11.5 Å². The van der Waals surface area contributed by atoms with Gasteiger partial charge < -0.3 is 5.32 Å². The first-order valence-electron chi connectivity index (χ1n) is 9.70. The number of halogens is 10. The third-order valence-electron chi connectivity index (χ3n) is 5.12. The van der Waals surface area contributed by atoms with Crippen LogP contribution in [0.1, 0.15) is 33.0 Å². The quantitative estimate of drug-likeness (QED) is 0.303. The summed E-state index contributed by atoms with van der Waals surface area (Å²) in [6.45, 7) is 0. The predicted octanol–water partition coefficient (Wildman–Crippen LogP) is 6.85. The minimum absolute atomic E-state index is 0.0460. The van der Waals surface area contributed by atoms with E-state index < -0.39 is 79.6 Å². The molecule has 196 valence electrons. The molecule has 2 aromatic carbocycles. The van der Waals surface area contributed by atoms with Crippen LogP contribution in [0.2, 0.25) is 15.1 Å². The molecule has 0 spiro atoms. The topological polar surface area (TPSA) is 63.2 Å². The number of rotatable bonds is 5. The van der Waals surface area contributed by atoms with Gasteiger partial charge in [-0.2, -0.15) is 26.3 Å². The van der Waals surface area contributed by atoms with Gasteiger partial charge in [-0.25, -0.2) is 12.8 Å². The lowest BCUT2D eigenvalue weighted by Crippen LogP contribution is -2.53. The number of hydrogen-bond donors (Lipinski definition) is 1. The summed E-state index contributed by atoms with van der Waals surface area (Å²) >= 11 is 17.2. The van der Waals surface area contributed by atoms with Crippen LogP contribution in [-0.2, 0) is 16.0 Å². The van der Waals surface area contributed by atoms with E-state index >= 15 is 0 Å². The SMILES string of the molecule is O=C(NC1CS(=O)(=O)C1)c1ccc(C(F)=CC(c2cc(Cl)c(Cl)c(Cl)c2)C(F)(F)F)cc1C(F)(F)F. The molecule has 0 aliphatic carbocycles. The molecule has 15 heteroatoms. The molecule has 1 heterocycles. The molecule has 1 unspecified atom stereocenters. The number of allylic oxidation sites excluding steroid dienone is 1. The maximum atomic E-state index is 14.9. The molecular weight excluding hydrogens is 586 g/mol. The Kier molecular flexibility index (Phi) is 7.96. The van der Waals surface area contributed by atoms with Crippen molar-refractivity contribution < 1.29 is 43.9 Å². The van der Waals surface area contributed by atoms with Crippen LogP contribution >= 0.6 is 34.8 Å². The molecule has 1 fully saturated rings. The molecule has 1 amide bonds. The fourth-order valence-corrected chi connectivity index (χ4v) is 5.32. The van der Waals surface area contributed by atoms with Crippen molar-refractivity contribution in [2.24, 2.45) is 0 Å². The lowest BCUT2D eigenvalue weighted by molar-refractivity contribution is -0.140. The van der Waals surface area contributed by atoms with Gasteiger partial charge in [0.05, 0.1) is 43.7 Å².